The fourth-order valence-electron chi connectivity index (χ4n) is 4.72. The van der Waals surface area contributed by atoms with Crippen LogP contribution in [0.4, 0.5) is 8.78 Å². The molecule has 1 unspecified atom stereocenters. The number of alkyl halides is 2. The van der Waals surface area contributed by atoms with Gasteiger partial charge in [0, 0.05) is 30.4 Å². The molecule has 1 saturated heterocycles. The number of rotatable bonds is 8. The highest BCUT2D eigenvalue weighted by Crippen LogP contribution is 2.33. The van der Waals surface area contributed by atoms with Crippen molar-refractivity contribution in [2.45, 2.75) is 58.4 Å². The number of hydrogen-bond acceptors (Lipinski definition) is 5. The predicted molar refractivity (Wildman–Crippen MR) is 117 cm³/mol. The van der Waals surface area contributed by atoms with Gasteiger partial charge in [-0.25, -0.2) is 18.3 Å². The van der Waals surface area contributed by atoms with E-state index < -0.39 is 13.0 Å². The molecule has 2 aromatic rings. The molecule has 1 fully saturated rings. The Hall–Kier alpha value is -2.39. The number of fused-ring (bicyclic) bond motifs is 1. The zero-order valence-electron chi connectivity index (χ0n) is 18.7. The summed E-state index contributed by atoms with van der Waals surface area (Å²) < 4.78 is 32.1. The Balaban J connectivity index is 1.50. The monoisotopic (exact) mass is 447 g/mol. The zero-order valence-corrected chi connectivity index (χ0v) is 18.7. The number of ether oxygens (including phenoxy) is 1. The molecule has 2 aromatic heterocycles. The van der Waals surface area contributed by atoms with Crippen molar-refractivity contribution in [2.75, 3.05) is 32.8 Å². The van der Waals surface area contributed by atoms with E-state index in [2.05, 4.69) is 22.4 Å². The van der Waals surface area contributed by atoms with Crippen LogP contribution in [0.2, 0.25) is 0 Å². The van der Waals surface area contributed by atoms with Crippen LogP contribution in [0, 0.1) is 13.8 Å². The van der Waals surface area contributed by atoms with Crippen LogP contribution in [0.25, 0.3) is 5.65 Å². The van der Waals surface area contributed by atoms with E-state index in [1.807, 2.05) is 18.4 Å². The van der Waals surface area contributed by atoms with Crippen LogP contribution in [0.3, 0.4) is 0 Å². The van der Waals surface area contributed by atoms with E-state index in [-0.39, 0.29) is 18.4 Å². The smallest absolute Gasteiger partial charge is 0.255 e. The van der Waals surface area contributed by atoms with Gasteiger partial charge in [-0.3, -0.25) is 9.69 Å². The first-order chi connectivity index (χ1) is 15.4. The number of aromatic nitrogens is 3. The summed E-state index contributed by atoms with van der Waals surface area (Å²) in [7, 11) is 0. The summed E-state index contributed by atoms with van der Waals surface area (Å²) >= 11 is 0. The minimum Gasteiger partial charge on any atom is -0.377 e. The molecule has 174 valence electrons. The molecule has 0 radical (unpaired) electrons. The number of carbonyl (C=O) groups is 1. The fourth-order valence-corrected chi connectivity index (χ4v) is 4.72. The van der Waals surface area contributed by atoms with Gasteiger partial charge in [0.1, 0.15) is 0 Å². The highest BCUT2D eigenvalue weighted by molar-refractivity contribution is 5.76. The van der Waals surface area contributed by atoms with Crippen LogP contribution in [0.5, 0.6) is 0 Å². The van der Waals surface area contributed by atoms with Crippen molar-refractivity contribution < 1.29 is 18.3 Å². The number of aryl methyl sites for hydroxylation is 2. The molecule has 1 amide bonds. The number of likely N-dealkylation sites (tertiary alicyclic amines) is 1. The molecule has 0 saturated carbocycles. The third-order valence-corrected chi connectivity index (χ3v) is 6.33. The maximum atomic E-state index is 12.3. The Kier molecular flexibility index (Phi) is 7.15. The zero-order chi connectivity index (χ0) is 22.7. The number of nitrogens with one attached hydrogen (secondary N) is 1. The second-order valence-electron chi connectivity index (χ2n) is 8.63. The summed E-state index contributed by atoms with van der Waals surface area (Å²) in [6, 6.07) is 2.32. The first kappa shape index (κ1) is 22.8. The van der Waals surface area contributed by atoms with E-state index in [4.69, 9.17) is 14.8 Å². The Bertz CT molecular complexity index is 1000. The number of hydrogen-bond donors (Lipinski definition) is 1. The second-order valence-corrected chi connectivity index (χ2v) is 8.63. The Labute approximate surface area is 186 Å². The quantitative estimate of drug-likeness (QED) is 0.630. The summed E-state index contributed by atoms with van der Waals surface area (Å²) in [5, 5.41) is 7.15. The molecule has 2 aliphatic heterocycles. The highest BCUT2D eigenvalue weighted by Gasteiger charge is 2.29. The molecule has 0 spiro atoms. The second kappa shape index (κ2) is 10.0. The van der Waals surface area contributed by atoms with Gasteiger partial charge in [-0.1, -0.05) is 6.08 Å². The minimum absolute atomic E-state index is 0.142. The van der Waals surface area contributed by atoms with Crippen LogP contribution in [-0.2, 0) is 16.0 Å². The molecule has 7 nitrogen and oxygen atoms in total. The van der Waals surface area contributed by atoms with E-state index in [9.17, 15) is 13.6 Å². The Morgan fingerprint density at radius 2 is 2.22 bits per heavy atom. The molecule has 1 atom stereocenters. The lowest BCUT2D eigenvalue weighted by molar-refractivity contribution is -0.121. The van der Waals surface area contributed by atoms with E-state index in [0.29, 0.717) is 13.0 Å². The summed E-state index contributed by atoms with van der Waals surface area (Å²) in [5.41, 5.74) is 5.87. The van der Waals surface area contributed by atoms with E-state index in [0.717, 1.165) is 67.3 Å². The van der Waals surface area contributed by atoms with E-state index in [1.165, 1.54) is 5.57 Å². The predicted octanol–water partition coefficient (Wildman–Crippen LogP) is 3.14. The lowest BCUT2D eigenvalue weighted by atomic mass is 10.1. The number of amides is 1. The van der Waals surface area contributed by atoms with Crippen molar-refractivity contribution in [3.63, 3.8) is 0 Å². The van der Waals surface area contributed by atoms with Gasteiger partial charge in [-0.2, -0.15) is 5.10 Å². The van der Waals surface area contributed by atoms with Gasteiger partial charge >= 0.3 is 0 Å². The third kappa shape index (κ3) is 5.15. The molecular weight excluding hydrogens is 416 g/mol. The highest BCUT2D eigenvalue weighted by atomic mass is 19.3. The van der Waals surface area contributed by atoms with Gasteiger partial charge in [0.05, 0.1) is 31.5 Å². The van der Waals surface area contributed by atoms with Crippen molar-refractivity contribution >= 4 is 11.6 Å². The molecule has 1 N–H and O–H groups in total. The maximum absolute atomic E-state index is 12.3. The van der Waals surface area contributed by atoms with Crippen LogP contribution in [-0.4, -0.2) is 64.7 Å². The molecule has 9 heteroatoms. The maximum Gasteiger partial charge on any atom is 0.255 e. The SMILES string of the molecule is Cc1nc2cc(C3CCCN3CC3=CCCOC3)nn2c(C)c1CCC(=O)NCC(F)F. The molecule has 0 bridgehead atoms. The molecule has 4 heterocycles. The lowest BCUT2D eigenvalue weighted by Gasteiger charge is -2.25. The van der Waals surface area contributed by atoms with E-state index in [1.54, 1.807) is 0 Å². The molecule has 4 rings (SSSR count). The molecule has 0 aliphatic carbocycles. The summed E-state index contributed by atoms with van der Waals surface area (Å²) in [6.45, 7) is 6.74. The van der Waals surface area contributed by atoms with Crippen LogP contribution < -0.4 is 5.32 Å². The first-order valence-electron chi connectivity index (χ1n) is 11.3. The van der Waals surface area contributed by atoms with Gasteiger partial charge in [-0.05, 0) is 57.2 Å². The Morgan fingerprint density at radius 1 is 1.38 bits per heavy atom. The largest absolute Gasteiger partial charge is 0.377 e. The third-order valence-electron chi connectivity index (χ3n) is 6.33. The van der Waals surface area contributed by atoms with Gasteiger partial charge in [-0.15, -0.1) is 0 Å². The fraction of sp³-hybridized carbons (Fsp3) is 0.609. The van der Waals surface area contributed by atoms with Gasteiger partial charge in [0.25, 0.3) is 6.43 Å². The van der Waals surface area contributed by atoms with Crippen molar-refractivity contribution in [1.82, 2.24) is 24.8 Å². The van der Waals surface area contributed by atoms with Gasteiger partial charge < -0.3 is 10.1 Å². The molecular formula is C23H31F2N5O2. The van der Waals surface area contributed by atoms with Crippen molar-refractivity contribution in [3.05, 3.63) is 40.4 Å². The average molecular weight is 448 g/mol. The van der Waals surface area contributed by atoms with Crippen molar-refractivity contribution in [2.24, 2.45) is 0 Å². The summed E-state index contributed by atoms with van der Waals surface area (Å²) in [5.74, 6) is -0.382. The number of nitrogens with zero attached hydrogens (tertiary/aromatic N) is 4. The molecule has 0 aromatic carbocycles. The van der Waals surface area contributed by atoms with Crippen LogP contribution in [0.1, 0.15) is 54.4 Å². The summed E-state index contributed by atoms with van der Waals surface area (Å²) in [6.07, 6.45) is 3.51. The minimum atomic E-state index is -2.54. The lowest BCUT2D eigenvalue weighted by Crippen LogP contribution is -2.28. The average Bonchev–Trinajstić information content (AvgIpc) is 3.39. The molecule has 32 heavy (non-hydrogen) atoms. The molecule has 2 aliphatic rings. The number of halogens is 2. The van der Waals surface area contributed by atoms with Crippen LogP contribution >= 0.6 is 0 Å². The standard InChI is InChI=1S/C23H31F2N5O2/c1-15-18(7-8-23(31)26-12-21(24)25)16(2)30-22(27-15)11-19(28-30)20-6-3-9-29(20)13-17-5-4-10-32-14-17/h5,11,20-21H,3-4,6-10,12-14H2,1-2H3,(H,26,31). The summed E-state index contributed by atoms with van der Waals surface area (Å²) in [4.78, 5) is 19.1. The Morgan fingerprint density at radius 3 is 2.97 bits per heavy atom. The first-order valence-corrected chi connectivity index (χ1v) is 11.3. The van der Waals surface area contributed by atoms with Crippen molar-refractivity contribution in [1.29, 1.82) is 0 Å². The van der Waals surface area contributed by atoms with Gasteiger partial charge in [0.15, 0.2) is 5.65 Å². The topological polar surface area (TPSA) is 71.8 Å². The van der Waals surface area contributed by atoms with Crippen LogP contribution in [0.15, 0.2) is 17.7 Å². The van der Waals surface area contributed by atoms with Crippen molar-refractivity contribution in [3.8, 4) is 0 Å². The number of carbonyl (C=O) groups excluding carboxylic acids is 1. The van der Waals surface area contributed by atoms with E-state index >= 15 is 0 Å². The normalized spacial score (nSPS) is 19.7. The van der Waals surface area contributed by atoms with Gasteiger partial charge in [0.2, 0.25) is 5.91 Å².